The number of methoxy groups -OCH3 is 1. The molecule has 0 saturated carbocycles. The van der Waals surface area contributed by atoms with Crippen LogP contribution in [0.3, 0.4) is 0 Å². The number of rotatable bonds is 4. The van der Waals surface area contributed by atoms with Gasteiger partial charge in [0, 0.05) is 12.1 Å². The van der Waals surface area contributed by atoms with Crippen LogP contribution in [0.1, 0.15) is 11.3 Å². The largest absolute Gasteiger partial charge is 0.479 e. The summed E-state index contributed by atoms with van der Waals surface area (Å²) < 4.78 is 5.27. The molecular formula is C17H13N3O3. The number of hydrogen-bond acceptors (Lipinski definition) is 5. The second kappa shape index (κ2) is 6.23. The van der Waals surface area contributed by atoms with Gasteiger partial charge in [0.25, 0.3) is 5.69 Å². The Morgan fingerprint density at radius 1 is 1.04 bits per heavy atom. The summed E-state index contributed by atoms with van der Waals surface area (Å²) in [6.07, 6.45) is 3.48. The van der Waals surface area contributed by atoms with E-state index in [4.69, 9.17) is 4.74 Å². The Balaban J connectivity index is 2.00. The number of nitrogens with zero attached hydrogens (tertiary/aromatic N) is 3. The normalized spacial score (nSPS) is 11.0. The van der Waals surface area contributed by atoms with E-state index in [1.54, 1.807) is 24.3 Å². The molecule has 6 heteroatoms. The fourth-order valence-electron chi connectivity index (χ4n) is 2.17. The van der Waals surface area contributed by atoms with Crippen molar-refractivity contribution >= 4 is 28.9 Å². The zero-order chi connectivity index (χ0) is 16.2. The van der Waals surface area contributed by atoms with Gasteiger partial charge in [-0.1, -0.05) is 30.3 Å². The molecule has 0 spiro atoms. The van der Waals surface area contributed by atoms with E-state index in [-0.39, 0.29) is 5.69 Å². The van der Waals surface area contributed by atoms with Gasteiger partial charge in [-0.05, 0) is 23.8 Å². The van der Waals surface area contributed by atoms with Gasteiger partial charge in [-0.2, -0.15) is 0 Å². The summed E-state index contributed by atoms with van der Waals surface area (Å²) in [5.74, 6) is 0.408. The summed E-state index contributed by atoms with van der Waals surface area (Å²) in [4.78, 5) is 19.3. The first-order valence-electron chi connectivity index (χ1n) is 6.90. The highest BCUT2D eigenvalue weighted by atomic mass is 16.6. The van der Waals surface area contributed by atoms with Crippen LogP contribution in [-0.2, 0) is 0 Å². The molecule has 0 aliphatic carbocycles. The van der Waals surface area contributed by atoms with Crippen molar-refractivity contribution in [2.24, 2.45) is 0 Å². The lowest BCUT2D eigenvalue weighted by atomic mass is 10.2. The third-order valence-electron chi connectivity index (χ3n) is 3.27. The van der Waals surface area contributed by atoms with Gasteiger partial charge in [0.2, 0.25) is 5.88 Å². The summed E-state index contributed by atoms with van der Waals surface area (Å²) in [5.41, 5.74) is 2.82. The molecule has 23 heavy (non-hydrogen) atoms. The summed E-state index contributed by atoms with van der Waals surface area (Å²) in [7, 11) is 1.53. The molecule has 0 fully saturated rings. The molecule has 0 saturated heterocycles. The molecule has 0 bridgehead atoms. The SMILES string of the molecule is COc1nc2ccccc2nc1/C=C/c1cccc([N+](=O)[O-])c1. The first kappa shape index (κ1) is 14.6. The molecule has 114 valence electrons. The quantitative estimate of drug-likeness (QED) is 0.542. The highest BCUT2D eigenvalue weighted by Gasteiger charge is 2.07. The van der Waals surface area contributed by atoms with Crippen LogP contribution in [0, 0.1) is 10.1 Å². The Morgan fingerprint density at radius 3 is 2.48 bits per heavy atom. The van der Waals surface area contributed by atoms with E-state index in [1.807, 2.05) is 24.3 Å². The van der Waals surface area contributed by atoms with Gasteiger partial charge in [0.1, 0.15) is 5.69 Å². The van der Waals surface area contributed by atoms with Crippen LogP contribution in [0.15, 0.2) is 48.5 Å². The van der Waals surface area contributed by atoms with E-state index in [0.29, 0.717) is 17.1 Å². The highest BCUT2D eigenvalue weighted by molar-refractivity contribution is 5.79. The van der Waals surface area contributed by atoms with E-state index in [1.165, 1.54) is 19.2 Å². The number of nitro groups is 1. The van der Waals surface area contributed by atoms with E-state index in [9.17, 15) is 10.1 Å². The maximum absolute atomic E-state index is 10.8. The van der Waals surface area contributed by atoms with E-state index < -0.39 is 4.92 Å². The Bertz CT molecular complexity index is 906. The molecule has 0 aliphatic heterocycles. The van der Waals surface area contributed by atoms with E-state index in [0.717, 1.165) is 11.0 Å². The lowest BCUT2D eigenvalue weighted by Crippen LogP contribution is -1.95. The van der Waals surface area contributed by atoms with Gasteiger partial charge in [-0.25, -0.2) is 9.97 Å². The molecule has 3 rings (SSSR count). The van der Waals surface area contributed by atoms with Gasteiger partial charge >= 0.3 is 0 Å². The number of benzene rings is 2. The van der Waals surface area contributed by atoms with Crippen molar-refractivity contribution in [1.29, 1.82) is 0 Å². The molecule has 0 atom stereocenters. The van der Waals surface area contributed by atoms with Crippen LogP contribution in [0.25, 0.3) is 23.2 Å². The number of ether oxygens (including phenoxy) is 1. The highest BCUT2D eigenvalue weighted by Crippen LogP contribution is 2.21. The summed E-state index contributed by atoms with van der Waals surface area (Å²) in [5, 5.41) is 10.8. The van der Waals surface area contributed by atoms with Crippen molar-refractivity contribution in [3.8, 4) is 5.88 Å². The fourth-order valence-corrected chi connectivity index (χ4v) is 2.17. The second-order valence-electron chi connectivity index (χ2n) is 4.79. The molecule has 1 heterocycles. The zero-order valence-electron chi connectivity index (χ0n) is 12.3. The van der Waals surface area contributed by atoms with Gasteiger partial charge < -0.3 is 4.74 Å². The number of para-hydroxylation sites is 2. The minimum atomic E-state index is -0.423. The lowest BCUT2D eigenvalue weighted by molar-refractivity contribution is -0.384. The number of fused-ring (bicyclic) bond motifs is 1. The fraction of sp³-hybridized carbons (Fsp3) is 0.0588. The second-order valence-corrected chi connectivity index (χ2v) is 4.79. The van der Waals surface area contributed by atoms with Crippen LogP contribution < -0.4 is 4.74 Å². The Labute approximate surface area is 132 Å². The molecular weight excluding hydrogens is 294 g/mol. The van der Waals surface area contributed by atoms with Crippen LogP contribution >= 0.6 is 0 Å². The Morgan fingerprint density at radius 2 is 1.78 bits per heavy atom. The van der Waals surface area contributed by atoms with E-state index in [2.05, 4.69) is 9.97 Å². The Kier molecular flexibility index (Phi) is 3.97. The van der Waals surface area contributed by atoms with Crippen molar-refractivity contribution in [3.63, 3.8) is 0 Å². The molecule has 0 unspecified atom stereocenters. The van der Waals surface area contributed by atoms with Crippen molar-refractivity contribution in [3.05, 3.63) is 69.9 Å². The van der Waals surface area contributed by atoms with Gasteiger partial charge in [-0.15, -0.1) is 0 Å². The van der Waals surface area contributed by atoms with Crippen molar-refractivity contribution < 1.29 is 9.66 Å². The molecule has 0 aliphatic rings. The van der Waals surface area contributed by atoms with Gasteiger partial charge in [-0.3, -0.25) is 10.1 Å². The Hall–Kier alpha value is -3.28. The van der Waals surface area contributed by atoms with Gasteiger partial charge in [0.05, 0.1) is 23.1 Å². The molecule has 6 nitrogen and oxygen atoms in total. The molecule has 2 aromatic carbocycles. The lowest BCUT2D eigenvalue weighted by Gasteiger charge is -2.05. The van der Waals surface area contributed by atoms with Gasteiger partial charge in [0.15, 0.2) is 0 Å². The number of nitro benzene ring substituents is 1. The third-order valence-corrected chi connectivity index (χ3v) is 3.27. The predicted octanol–water partition coefficient (Wildman–Crippen LogP) is 3.72. The first-order chi connectivity index (χ1) is 11.2. The van der Waals surface area contributed by atoms with E-state index >= 15 is 0 Å². The first-order valence-corrected chi connectivity index (χ1v) is 6.90. The summed E-state index contributed by atoms with van der Waals surface area (Å²) in [6, 6.07) is 13.9. The monoisotopic (exact) mass is 307 g/mol. The topological polar surface area (TPSA) is 78.2 Å². The number of non-ortho nitro benzene ring substituents is 1. The number of hydrogen-bond donors (Lipinski definition) is 0. The minimum absolute atomic E-state index is 0.0451. The summed E-state index contributed by atoms with van der Waals surface area (Å²) in [6.45, 7) is 0. The van der Waals surface area contributed by atoms with Crippen molar-refractivity contribution in [2.75, 3.05) is 7.11 Å². The standard InChI is InChI=1S/C17H13N3O3/c1-23-17-16(18-14-7-2-3-8-15(14)19-17)10-9-12-5-4-6-13(11-12)20(21)22/h2-11H,1H3/b10-9+. The maximum Gasteiger partial charge on any atom is 0.270 e. The third kappa shape index (κ3) is 3.16. The molecule has 1 aromatic heterocycles. The average molecular weight is 307 g/mol. The maximum atomic E-state index is 10.8. The van der Waals surface area contributed by atoms with Crippen LogP contribution in [0.5, 0.6) is 5.88 Å². The predicted molar refractivity (Wildman–Crippen MR) is 88.1 cm³/mol. The molecule has 0 radical (unpaired) electrons. The molecule has 0 N–H and O–H groups in total. The average Bonchev–Trinajstić information content (AvgIpc) is 2.59. The molecule has 0 amide bonds. The number of aromatic nitrogens is 2. The minimum Gasteiger partial charge on any atom is -0.479 e. The smallest absolute Gasteiger partial charge is 0.270 e. The van der Waals surface area contributed by atoms with Crippen LogP contribution in [0.4, 0.5) is 5.69 Å². The van der Waals surface area contributed by atoms with Crippen LogP contribution in [-0.4, -0.2) is 22.0 Å². The van der Waals surface area contributed by atoms with Crippen molar-refractivity contribution in [2.45, 2.75) is 0 Å². The van der Waals surface area contributed by atoms with Crippen molar-refractivity contribution in [1.82, 2.24) is 9.97 Å². The molecule has 3 aromatic rings. The zero-order valence-corrected chi connectivity index (χ0v) is 12.3. The summed E-state index contributed by atoms with van der Waals surface area (Å²) >= 11 is 0. The van der Waals surface area contributed by atoms with Crippen LogP contribution in [0.2, 0.25) is 0 Å².